The highest BCUT2D eigenvalue weighted by atomic mass is 16.5. The molecule has 0 saturated carbocycles. The molecule has 2 aromatic rings. The molecule has 4 nitrogen and oxygen atoms in total. The maximum Gasteiger partial charge on any atom is 0.258 e. The summed E-state index contributed by atoms with van der Waals surface area (Å²) in [5.41, 5.74) is 3.42. The third-order valence-electron chi connectivity index (χ3n) is 3.49. The van der Waals surface area contributed by atoms with Crippen molar-refractivity contribution in [3.63, 3.8) is 0 Å². The van der Waals surface area contributed by atoms with E-state index in [1.807, 2.05) is 64.1 Å². The van der Waals surface area contributed by atoms with Crippen molar-refractivity contribution in [2.24, 2.45) is 0 Å². The lowest BCUT2D eigenvalue weighted by Crippen LogP contribution is -2.39. The standard InChI is InChI=1S/C20H25NO3/c1-14-5-7-18(8-6-14)23-12-17(4)21-20(22)13-24-19-10-15(2)9-16(3)11-19/h5-11,17H,12-13H2,1-4H3,(H,21,22)/t17-/m0/s1. The highest BCUT2D eigenvalue weighted by Crippen LogP contribution is 2.16. The zero-order valence-corrected chi connectivity index (χ0v) is 14.8. The van der Waals surface area contributed by atoms with Crippen LogP contribution >= 0.6 is 0 Å². The third kappa shape index (κ3) is 5.95. The number of ether oxygens (including phenoxy) is 2. The summed E-state index contributed by atoms with van der Waals surface area (Å²) in [6.07, 6.45) is 0. The van der Waals surface area contributed by atoms with E-state index in [2.05, 4.69) is 11.4 Å². The molecule has 0 aliphatic carbocycles. The Bertz CT molecular complexity index is 660. The first kappa shape index (κ1) is 17.9. The Kier molecular flexibility index (Phi) is 6.24. The molecule has 2 aromatic carbocycles. The maximum absolute atomic E-state index is 12.0. The quantitative estimate of drug-likeness (QED) is 0.845. The van der Waals surface area contributed by atoms with Crippen molar-refractivity contribution < 1.29 is 14.3 Å². The molecule has 1 N–H and O–H groups in total. The van der Waals surface area contributed by atoms with Crippen LogP contribution in [0.2, 0.25) is 0 Å². The SMILES string of the molecule is Cc1ccc(OC[C@H](C)NC(=O)COc2cc(C)cc(C)c2)cc1. The van der Waals surface area contributed by atoms with Crippen molar-refractivity contribution >= 4 is 5.91 Å². The number of rotatable bonds is 7. The maximum atomic E-state index is 12.0. The van der Waals surface area contributed by atoms with Crippen molar-refractivity contribution in [1.82, 2.24) is 5.32 Å². The summed E-state index contributed by atoms with van der Waals surface area (Å²) in [7, 11) is 0. The van der Waals surface area contributed by atoms with E-state index in [1.165, 1.54) is 5.56 Å². The first-order chi connectivity index (χ1) is 11.4. The van der Waals surface area contributed by atoms with Crippen LogP contribution in [0, 0.1) is 20.8 Å². The van der Waals surface area contributed by atoms with Crippen LogP contribution in [0.4, 0.5) is 0 Å². The van der Waals surface area contributed by atoms with E-state index in [9.17, 15) is 4.79 Å². The first-order valence-electron chi connectivity index (χ1n) is 8.12. The smallest absolute Gasteiger partial charge is 0.258 e. The van der Waals surface area contributed by atoms with E-state index in [0.717, 1.165) is 16.9 Å². The van der Waals surface area contributed by atoms with Crippen LogP contribution in [0.15, 0.2) is 42.5 Å². The number of amides is 1. The largest absolute Gasteiger partial charge is 0.491 e. The van der Waals surface area contributed by atoms with Crippen molar-refractivity contribution in [3.8, 4) is 11.5 Å². The molecule has 0 saturated heterocycles. The van der Waals surface area contributed by atoms with Crippen molar-refractivity contribution in [1.29, 1.82) is 0 Å². The second kappa shape index (κ2) is 8.39. The Labute approximate surface area is 143 Å². The van der Waals surface area contributed by atoms with E-state index >= 15 is 0 Å². The highest BCUT2D eigenvalue weighted by Gasteiger charge is 2.09. The molecular weight excluding hydrogens is 302 g/mol. The van der Waals surface area contributed by atoms with Crippen LogP contribution in [0.1, 0.15) is 23.6 Å². The molecule has 1 atom stereocenters. The van der Waals surface area contributed by atoms with Crippen LogP contribution in [-0.4, -0.2) is 25.2 Å². The molecule has 0 spiro atoms. The second-order valence-electron chi connectivity index (χ2n) is 6.20. The average molecular weight is 327 g/mol. The molecule has 1 amide bonds. The highest BCUT2D eigenvalue weighted by molar-refractivity contribution is 5.77. The van der Waals surface area contributed by atoms with Crippen molar-refractivity contribution in [2.45, 2.75) is 33.7 Å². The van der Waals surface area contributed by atoms with Gasteiger partial charge in [-0.3, -0.25) is 4.79 Å². The second-order valence-corrected chi connectivity index (χ2v) is 6.20. The fraction of sp³-hybridized carbons (Fsp3) is 0.350. The van der Waals surface area contributed by atoms with Crippen LogP contribution in [0.5, 0.6) is 11.5 Å². The van der Waals surface area contributed by atoms with Gasteiger partial charge < -0.3 is 14.8 Å². The Hall–Kier alpha value is -2.49. The van der Waals surface area contributed by atoms with Gasteiger partial charge in [0, 0.05) is 0 Å². The molecule has 0 unspecified atom stereocenters. The van der Waals surface area contributed by atoms with Gasteiger partial charge in [0.25, 0.3) is 5.91 Å². The Balaban J connectivity index is 1.74. The van der Waals surface area contributed by atoms with E-state index in [0.29, 0.717) is 12.4 Å². The molecule has 0 fully saturated rings. The van der Waals surface area contributed by atoms with Gasteiger partial charge in [0.15, 0.2) is 6.61 Å². The number of nitrogens with one attached hydrogen (secondary N) is 1. The third-order valence-corrected chi connectivity index (χ3v) is 3.49. The van der Waals surface area contributed by atoms with Gasteiger partial charge in [-0.05, 0) is 63.1 Å². The van der Waals surface area contributed by atoms with Gasteiger partial charge in [-0.2, -0.15) is 0 Å². The summed E-state index contributed by atoms with van der Waals surface area (Å²) in [4.78, 5) is 12.0. The van der Waals surface area contributed by atoms with Gasteiger partial charge in [0.1, 0.15) is 18.1 Å². The van der Waals surface area contributed by atoms with E-state index in [-0.39, 0.29) is 18.6 Å². The molecule has 128 valence electrons. The van der Waals surface area contributed by atoms with Gasteiger partial charge in [-0.15, -0.1) is 0 Å². The molecule has 2 rings (SSSR count). The van der Waals surface area contributed by atoms with Gasteiger partial charge in [-0.1, -0.05) is 23.8 Å². The van der Waals surface area contributed by atoms with Crippen LogP contribution in [0.3, 0.4) is 0 Å². The number of hydrogen-bond acceptors (Lipinski definition) is 3. The number of carbonyl (C=O) groups is 1. The van der Waals surface area contributed by atoms with E-state index in [4.69, 9.17) is 9.47 Å². The molecule has 0 aliphatic heterocycles. The lowest BCUT2D eigenvalue weighted by molar-refractivity contribution is -0.123. The van der Waals surface area contributed by atoms with E-state index in [1.54, 1.807) is 0 Å². The zero-order valence-electron chi connectivity index (χ0n) is 14.8. The average Bonchev–Trinajstić information content (AvgIpc) is 2.51. The number of aryl methyl sites for hydroxylation is 3. The fourth-order valence-electron chi connectivity index (χ4n) is 2.38. The Morgan fingerprint density at radius 3 is 2.17 bits per heavy atom. The topological polar surface area (TPSA) is 47.6 Å². The predicted molar refractivity (Wildman–Crippen MR) is 95.7 cm³/mol. The molecule has 4 heteroatoms. The summed E-state index contributed by atoms with van der Waals surface area (Å²) in [6.45, 7) is 8.36. The molecule has 0 bridgehead atoms. The van der Waals surface area contributed by atoms with Gasteiger partial charge in [0.05, 0.1) is 6.04 Å². The van der Waals surface area contributed by atoms with Crippen LogP contribution in [-0.2, 0) is 4.79 Å². The van der Waals surface area contributed by atoms with Gasteiger partial charge in [-0.25, -0.2) is 0 Å². The molecule has 0 aromatic heterocycles. The summed E-state index contributed by atoms with van der Waals surface area (Å²) in [6, 6.07) is 13.7. The summed E-state index contributed by atoms with van der Waals surface area (Å²) < 4.78 is 11.2. The summed E-state index contributed by atoms with van der Waals surface area (Å²) in [5, 5.41) is 2.87. The first-order valence-corrected chi connectivity index (χ1v) is 8.12. The molecular formula is C20H25NO3. The monoisotopic (exact) mass is 327 g/mol. The normalized spacial score (nSPS) is 11.7. The minimum absolute atomic E-state index is 0.00222. The minimum atomic E-state index is -0.158. The molecule has 0 heterocycles. The van der Waals surface area contributed by atoms with E-state index < -0.39 is 0 Å². The van der Waals surface area contributed by atoms with Crippen LogP contribution in [0.25, 0.3) is 0 Å². The number of benzene rings is 2. The lowest BCUT2D eigenvalue weighted by atomic mass is 10.1. The van der Waals surface area contributed by atoms with Gasteiger partial charge in [0.2, 0.25) is 0 Å². The molecule has 0 radical (unpaired) electrons. The van der Waals surface area contributed by atoms with Crippen molar-refractivity contribution in [2.75, 3.05) is 13.2 Å². The van der Waals surface area contributed by atoms with Crippen molar-refractivity contribution in [3.05, 3.63) is 59.2 Å². The summed E-state index contributed by atoms with van der Waals surface area (Å²) in [5.74, 6) is 1.36. The van der Waals surface area contributed by atoms with Gasteiger partial charge >= 0.3 is 0 Å². The summed E-state index contributed by atoms with van der Waals surface area (Å²) >= 11 is 0. The molecule has 24 heavy (non-hydrogen) atoms. The predicted octanol–water partition coefficient (Wildman–Crippen LogP) is 3.57. The number of hydrogen-bond donors (Lipinski definition) is 1. The fourth-order valence-corrected chi connectivity index (χ4v) is 2.38. The number of carbonyl (C=O) groups excluding carboxylic acids is 1. The minimum Gasteiger partial charge on any atom is -0.491 e. The lowest BCUT2D eigenvalue weighted by Gasteiger charge is -2.15. The molecule has 0 aliphatic rings. The zero-order chi connectivity index (χ0) is 17.5. The Morgan fingerprint density at radius 1 is 0.917 bits per heavy atom. The Morgan fingerprint density at radius 2 is 1.54 bits per heavy atom. The van der Waals surface area contributed by atoms with Crippen LogP contribution < -0.4 is 14.8 Å².